The van der Waals surface area contributed by atoms with Gasteiger partial charge in [0.15, 0.2) is 5.72 Å². The Kier molecular flexibility index (Phi) is 5.17. The summed E-state index contributed by atoms with van der Waals surface area (Å²) in [4.78, 5) is 13.9. The lowest BCUT2D eigenvalue weighted by atomic mass is 9.98. The summed E-state index contributed by atoms with van der Waals surface area (Å²) in [6.07, 6.45) is -4.62. The zero-order chi connectivity index (χ0) is 20.8. The Morgan fingerprint density at radius 1 is 1.17 bits per heavy atom. The Labute approximate surface area is 175 Å². The number of carbonyl (C=O) groups excluding carboxylic acids is 1. The van der Waals surface area contributed by atoms with Gasteiger partial charge in [-0.25, -0.2) is 0 Å². The van der Waals surface area contributed by atoms with Gasteiger partial charge in [-0.3, -0.25) is 4.79 Å². The summed E-state index contributed by atoms with van der Waals surface area (Å²) < 4.78 is 51.8. The van der Waals surface area contributed by atoms with Crippen molar-refractivity contribution >= 4 is 29.1 Å². The van der Waals surface area contributed by atoms with Crippen molar-refractivity contribution in [3.05, 3.63) is 63.6 Å². The number of hydrogen-bond acceptors (Lipinski definition) is 3. The Morgan fingerprint density at radius 3 is 2.59 bits per heavy atom. The molecule has 0 spiro atoms. The molecule has 9 heteroatoms. The number of ether oxygens (including phenoxy) is 2. The van der Waals surface area contributed by atoms with Crippen LogP contribution in [0, 0.1) is 0 Å². The lowest BCUT2D eigenvalue weighted by Crippen LogP contribution is -2.39. The molecule has 2 atom stereocenters. The molecule has 1 amide bonds. The summed E-state index contributed by atoms with van der Waals surface area (Å²) in [6, 6.07) is 10.4. The fraction of sp³-hybridized carbons (Fsp3) is 0.350. The van der Waals surface area contributed by atoms with Gasteiger partial charge in [0, 0.05) is 23.4 Å². The predicted molar refractivity (Wildman–Crippen MR) is 101 cm³/mol. The van der Waals surface area contributed by atoms with Crippen LogP contribution in [0.15, 0.2) is 42.5 Å². The van der Waals surface area contributed by atoms with Gasteiger partial charge >= 0.3 is 6.18 Å². The molecule has 2 aliphatic rings. The van der Waals surface area contributed by atoms with Gasteiger partial charge in [-0.15, -0.1) is 0 Å². The molecule has 2 aromatic carbocycles. The molecule has 2 aromatic rings. The van der Waals surface area contributed by atoms with Crippen LogP contribution < -0.4 is 4.74 Å². The minimum Gasteiger partial charge on any atom is -0.491 e. The van der Waals surface area contributed by atoms with Crippen LogP contribution in [0.3, 0.4) is 0 Å². The van der Waals surface area contributed by atoms with Crippen molar-refractivity contribution in [2.75, 3.05) is 13.2 Å². The molecule has 4 rings (SSSR count). The van der Waals surface area contributed by atoms with E-state index < -0.39 is 28.6 Å². The molecule has 0 N–H and O–H groups in total. The van der Waals surface area contributed by atoms with Crippen molar-refractivity contribution in [2.45, 2.75) is 30.8 Å². The highest BCUT2D eigenvalue weighted by Crippen LogP contribution is 2.47. The van der Waals surface area contributed by atoms with Gasteiger partial charge in [0.2, 0.25) is 5.91 Å². The van der Waals surface area contributed by atoms with Crippen LogP contribution in [-0.4, -0.2) is 30.1 Å². The monoisotopic (exact) mass is 445 g/mol. The van der Waals surface area contributed by atoms with E-state index in [-0.39, 0.29) is 37.5 Å². The third-order valence-electron chi connectivity index (χ3n) is 5.14. The molecular formula is C20H16Cl2F3NO3. The number of rotatable bonds is 4. The minimum atomic E-state index is -4.60. The molecule has 2 heterocycles. The summed E-state index contributed by atoms with van der Waals surface area (Å²) in [7, 11) is 0. The SMILES string of the molecule is O=C1CC[C@]2(c3ccc(Cl)c(C(F)(F)F)c3)O[C@H](COc3ccc(Cl)cc3)CN12. The van der Waals surface area contributed by atoms with E-state index in [2.05, 4.69) is 0 Å². The largest absolute Gasteiger partial charge is 0.491 e. The van der Waals surface area contributed by atoms with Gasteiger partial charge < -0.3 is 14.4 Å². The molecule has 0 unspecified atom stereocenters. The fourth-order valence-corrected chi connectivity index (χ4v) is 4.15. The highest BCUT2D eigenvalue weighted by molar-refractivity contribution is 6.31. The van der Waals surface area contributed by atoms with E-state index in [0.717, 1.165) is 6.07 Å². The lowest BCUT2D eigenvalue weighted by molar-refractivity contribution is -0.141. The maximum atomic E-state index is 13.3. The van der Waals surface area contributed by atoms with Crippen molar-refractivity contribution in [2.24, 2.45) is 0 Å². The first kappa shape index (κ1) is 20.3. The van der Waals surface area contributed by atoms with Crippen LogP contribution in [0.5, 0.6) is 5.75 Å². The van der Waals surface area contributed by atoms with Crippen molar-refractivity contribution in [1.82, 2.24) is 4.90 Å². The lowest BCUT2D eigenvalue weighted by Gasteiger charge is -2.31. The summed E-state index contributed by atoms with van der Waals surface area (Å²) in [6.45, 7) is 0.378. The minimum absolute atomic E-state index is 0.146. The summed E-state index contributed by atoms with van der Waals surface area (Å²) in [5.74, 6) is 0.416. The van der Waals surface area contributed by atoms with Gasteiger partial charge in [-0.2, -0.15) is 13.2 Å². The van der Waals surface area contributed by atoms with Gasteiger partial charge in [0.1, 0.15) is 18.5 Å². The normalized spacial score (nSPS) is 24.1. The Morgan fingerprint density at radius 2 is 1.90 bits per heavy atom. The summed E-state index contributed by atoms with van der Waals surface area (Å²) in [5, 5.41) is 0.178. The van der Waals surface area contributed by atoms with Crippen LogP contribution in [0.25, 0.3) is 0 Å². The van der Waals surface area contributed by atoms with Gasteiger partial charge in [0.25, 0.3) is 0 Å². The van der Waals surface area contributed by atoms with Gasteiger partial charge in [-0.05, 0) is 36.4 Å². The van der Waals surface area contributed by atoms with E-state index in [4.69, 9.17) is 32.7 Å². The molecule has 29 heavy (non-hydrogen) atoms. The Balaban J connectivity index is 1.58. The second-order valence-corrected chi connectivity index (χ2v) is 7.83. The number of alkyl halides is 3. The molecular weight excluding hydrogens is 430 g/mol. The van der Waals surface area contributed by atoms with Crippen molar-refractivity contribution in [1.29, 1.82) is 0 Å². The van der Waals surface area contributed by atoms with E-state index in [1.807, 2.05) is 0 Å². The highest BCUT2D eigenvalue weighted by Gasteiger charge is 2.55. The van der Waals surface area contributed by atoms with Crippen molar-refractivity contribution in [3.63, 3.8) is 0 Å². The number of fused-ring (bicyclic) bond motifs is 1. The maximum absolute atomic E-state index is 13.3. The van der Waals surface area contributed by atoms with Crippen LogP contribution >= 0.6 is 23.2 Å². The molecule has 0 radical (unpaired) electrons. The van der Waals surface area contributed by atoms with Crippen molar-refractivity contribution < 1.29 is 27.4 Å². The molecule has 2 aliphatic heterocycles. The molecule has 0 aromatic heterocycles. The molecule has 0 bridgehead atoms. The number of halogens is 5. The van der Waals surface area contributed by atoms with Gasteiger partial charge in [-0.1, -0.05) is 29.3 Å². The second-order valence-electron chi connectivity index (χ2n) is 6.99. The molecule has 2 saturated heterocycles. The zero-order valence-electron chi connectivity index (χ0n) is 15.0. The highest BCUT2D eigenvalue weighted by atomic mass is 35.5. The zero-order valence-corrected chi connectivity index (χ0v) is 16.5. The first-order valence-electron chi connectivity index (χ1n) is 8.93. The smallest absolute Gasteiger partial charge is 0.417 e. The standard InChI is InChI=1S/C20H16Cl2F3NO3/c21-13-2-4-14(5-3-13)28-11-15-10-26-18(27)7-8-19(26,29-15)12-1-6-17(22)16(9-12)20(23,24)25/h1-6,9,15H,7-8,10-11H2/t15-,19+/m0/s1. The first-order chi connectivity index (χ1) is 13.7. The van der Waals surface area contributed by atoms with Crippen LogP contribution in [0.2, 0.25) is 10.0 Å². The average molecular weight is 446 g/mol. The fourth-order valence-electron chi connectivity index (χ4n) is 3.80. The molecule has 4 nitrogen and oxygen atoms in total. The van der Waals surface area contributed by atoms with Crippen molar-refractivity contribution in [3.8, 4) is 5.75 Å². The summed E-state index contributed by atoms with van der Waals surface area (Å²) >= 11 is 11.6. The molecule has 154 valence electrons. The first-order valence-corrected chi connectivity index (χ1v) is 9.68. The predicted octanol–water partition coefficient (Wildman–Crippen LogP) is 5.27. The third-order valence-corrected chi connectivity index (χ3v) is 5.72. The third kappa shape index (κ3) is 3.79. The summed E-state index contributed by atoms with van der Waals surface area (Å²) in [5.41, 5.74) is -1.93. The Hall–Kier alpha value is -1.96. The second kappa shape index (κ2) is 7.38. The average Bonchev–Trinajstić information content (AvgIpc) is 3.18. The quantitative estimate of drug-likeness (QED) is 0.643. The van der Waals surface area contributed by atoms with E-state index in [0.29, 0.717) is 10.8 Å². The molecule has 0 aliphatic carbocycles. The van der Waals surface area contributed by atoms with Crippen LogP contribution in [0.1, 0.15) is 24.0 Å². The van der Waals surface area contributed by atoms with Crippen LogP contribution in [-0.2, 0) is 21.4 Å². The van der Waals surface area contributed by atoms with Gasteiger partial charge in [0.05, 0.1) is 17.1 Å². The number of nitrogens with zero attached hydrogens (tertiary/aromatic N) is 1. The Bertz CT molecular complexity index is 936. The van der Waals surface area contributed by atoms with Crippen LogP contribution in [0.4, 0.5) is 13.2 Å². The molecule has 2 fully saturated rings. The molecule has 0 saturated carbocycles. The number of carbonyl (C=O) groups is 1. The van der Waals surface area contributed by atoms with E-state index >= 15 is 0 Å². The number of amides is 1. The maximum Gasteiger partial charge on any atom is 0.417 e. The topological polar surface area (TPSA) is 38.8 Å². The van der Waals surface area contributed by atoms with E-state index in [1.54, 1.807) is 24.3 Å². The van der Waals surface area contributed by atoms with E-state index in [1.165, 1.54) is 17.0 Å². The number of benzene rings is 2. The van der Waals surface area contributed by atoms with E-state index in [9.17, 15) is 18.0 Å². The number of hydrogen-bond donors (Lipinski definition) is 0.